The van der Waals surface area contributed by atoms with E-state index in [1.165, 1.54) is 11.8 Å². The first-order chi connectivity index (χ1) is 12.5. The number of sulfone groups is 1. The number of carbonyl (C=O) groups is 1. The molecule has 0 spiro atoms. The van der Waals surface area contributed by atoms with Crippen molar-refractivity contribution in [3.63, 3.8) is 0 Å². The highest BCUT2D eigenvalue weighted by Crippen LogP contribution is 2.43. The van der Waals surface area contributed by atoms with Gasteiger partial charge in [-0.25, -0.2) is 8.42 Å². The smallest absolute Gasteiger partial charge is 0.248 e. The minimum absolute atomic E-state index is 0.0695. The molecule has 7 nitrogen and oxygen atoms in total. The Morgan fingerprint density at radius 1 is 1.27 bits per heavy atom. The lowest BCUT2D eigenvalue weighted by atomic mass is 10.2. The molecule has 2 saturated heterocycles. The molecule has 140 valence electrons. The van der Waals surface area contributed by atoms with Crippen LogP contribution in [0.4, 0.5) is 5.69 Å². The number of aliphatic imine (C=N–C) groups is 1. The molecule has 3 aliphatic rings. The Morgan fingerprint density at radius 3 is 2.81 bits per heavy atom. The second kappa shape index (κ2) is 6.77. The molecule has 0 aliphatic carbocycles. The van der Waals surface area contributed by atoms with Crippen LogP contribution in [0.25, 0.3) is 0 Å². The Bertz CT molecular complexity index is 868. The number of carbonyl (C=O) groups excluding carboxylic acids is 1. The number of anilines is 1. The molecular weight excluding hydrogens is 376 g/mol. The van der Waals surface area contributed by atoms with Crippen LogP contribution in [0.5, 0.6) is 11.5 Å². The summed E-state index contributed by atoms with van der Waals surface area (Å²) in [4.78, 5) is 18.2. The van der Waals surface area contributed by atoms with Gasteiger partial charge in [-0.1, -0.05) is 18.7 Å². The lowest BCUT2D eigenvalue weighted by Gasteiger charge is -2.26. The monoisotopic (exact) mass is 396 g/mol. The third-order valence-corrected chi connectivity index (χ3v) is 7.76. The molecule has 0 N–H and O–H groups in total. The average Bonchev–Trinajstić information content (AvgIpc) is 3.05. The highest BCUT2D eigenvalue weighted by atomic mass is 32.2. The maximum Gasteiger partial charge on any atom is 0.248 e. The van der Waals surface area contributed by atoms with Crippen molar-refractivity contribution < 1.29 is 22.7 Å². The Morgan fingerprint density at radius 2 is 2.04 bits per heavy atom. The van der Waals surface area contributed by atoms with E-state index in [0.29, 0.717) is 36.3 Å². The number of benzene rings is 1. The molecule has 26 heavy (non-hydrogen) atoms. The molecule has 4 rings (SSSR count). The number of nitrogens with zero attached hydrogens (tertiary/aromatic N) is 2. The zero-order chi connectivity index (χ0) is 18.3. The first-order valence-corrected chi connectivity index (χ1v) is 11.3. The van der Waals surface area contributed by atoms with Gasteiger partial charge in [0.1, 0.15) is 13.2 Å². The van der Waals surface area contributed by atoms with Crippen molar-refractivity contribution in [3.05, 3.63) is 18.2 Å². The Kier molecular flexibility index (Phi) is 4.60. The second-order valence-corrected chi connectivity index (χ2v) is 9.90. The van der Waals surface area contributed by atoms with Crippen LogP contribution in [0.3, 0.4) is 0 Å². The van der Waals surface area contributed by atoms with E-state index < -0.39 is 9.84 Å². The minimum atomic E-state index is -3.08. The molecule has 2 fully saturated rings. The third-order valence-electron chi connectivity index (χ3n) is 4.55. The van der Waals surface area contributed by atoms with E-state index in [-0.39, 0.29) is 28.7 Å². The van der Waals surface area contributed by atoms with Crippen LogP contribution in [-0.2, 0) is 14.6 Å². The zero-order valence-electron chi connectivity index (χ0n) is 14.4. The van der Waals surface area contributed by atoms with Crippen LogP contribution >= 0.6 is 11.8 Å². The molecular formula is C17H20N2O5S2. The topological polar surface area (TPSA) is 85.3 Å². The lowest BCUT2D eigenvalue weighted by Crippen LogP contribution is -2.37. The molecule has 2 atom stereocenters. The molecule has 0 aromatic heterocycles. The van der Waals surface area contributed by atoms with Gasteiger partial charge >= 0.3 is 0 Å². The van der Waals surface area contributed by atoms with Crippen molar-refractivity contribution in [1.29, 1.82) is 0 Å². The van der Waals surface area contributed by atoms with Crippen molar-refractivity contribution in [3.8, 4) is 11.5 Å². The summed E-state index contributed by atoms with van der Waals surface area (Å²) < 4.78 is 35.4. The second-order valence-electron chi connectivity index (χ2n) is 6.54. The number of hydrogen-bond donors (Lipinski definition) is 0. The number of hydrogen-bond acceptors (Lipinski definition) is 6. The normalized spacial score (nSPS) is 27.6. The number of rotatable bonds is 3. The molecule has 3 heterocycles. The number of thioether (sulfide) groups is 1. The van der Waals surface area contributed by atoms with Crippen molar-refractivity contribution in [2.45, 2.75) is 31.1 Å². The Balaban J connectivity index is 1.72. The standard InChI is InChI=1S/C17H20N2O5S2/c1-2-3-16(20)18-17-19(12-9-26(21,22)10-15(12)25-17)11-4-5-13-14(8-11)24-7-6-23-13/h4-5,8,12,15H,2-3,6-7,9-10H2,1H3/t12-,15-/m1/s1. The van der Waals surface area contributed by atoms with Crippen LogP contribution < -0.4 is 14.4 Å². The first-order valence-electron chi connectivity index (χ1n) is 8.64. The van der Waals surface area contributed by atoms with Gasteiger partial charge in [-0.05, 0) is 18.6 Å². The highest BCUT2D eigenvalue weighted by molar-refractivity contribution is 8.16. The number of amidine groups is 1. The number of ether oxygens (including phenoxy) is 2. The van der Waals surface area contributed by atoms with E-state index in [9.17, 15) is 13.2 Å². The zero-order valence-corrected chi connectivity index (χ0v) is 16.0. The summed E-state index contributed by atoms with van der Waals surface area (Å²) in [7, 11) is -3.08. The van der Waals surface area contributed by atoms with Crippen LogP contribution in [0.1, 0.15) is 19.8 Å². The Labute approximate surface area is 156 Å². The molecule has 3 aliphatic heterocycles. The molecule has 1 aromatic carbocycles. The largest absolute Gasteiger partial charge is 0.486 e. The number of fused-ring (bicyclic) bond motifs is 2. The van der Waals surface area contributed by atoms with Gasteiger partial charge in [0.2, 0.25) is 5.91 Å². The van der Waals surface area contributed by atoms with Gasteiger partial charge in [-0.15, -0.1) is 0 Å². The van der Waals surface area contributed by atoms with E-state index >= 15 is 0 Å². The maximum atomic E-state index is 12.1. The summed E-state index contributed by atoms with van der Waals surface area (Å²) in [5.41, 5.74) is 0.773. The molecule has 1 aromatic rings. The summed E-state index contributed by atoms with van der Waals surface area (Å²) >= 11 is 1.38. The predicted octanol–water partition coefficient (Wildman–Crippen LogP) is 1.86. The molecule has 0 radical (unpaired) electrons. The van der Waals surface area contributed by atoms with E-state index in [0.717, 1.165) is 12.1 Å². The fourth-order valence-electron chi connectivity index (χ4n) is 3.42. The summed E-state index contributed by atoms with van der Waals surface area (Å²) in [6, 6.07) is 5.29. The van der Waals surface area contributed by atoms with Gasteiger partial charge in [0.15, 0.2) is 26.5 Å². The predicted molar refractivity (Wildman–Crippen MR) is 101 cm³/mol. The summed E-state index contributed by atoms with van der Waals surface area (Å²) in [6.45, 7) is 2.91. The van der Waals surface area contributed by atoms with Crippen LogP contribution in [0, 0.1) is 0 Å². The van der Waals surface area contributed by atoms with E-state index in [4.69, 9.17) is 9.47 Å². The van der Waals surface area contributed by atoms with E-state index in [1.807, 2.05) is 30.0 Å². The molecule has 0 saturated carbocycles. The van der Waals surface area contributed by atoms with E-state index in [2.05, 4.69) is 4.99 Å². The van der Waals surface area contributed by atoms with Crippen molar-refractivity contribution >= 4 is 38.4 Å². The van der Waals surface area contributed by atoms with Gasteiger partial charge in [-0.2, -0.15) is 4.99 Å². The van der Waals surface area contributed by atoms with Gasteiger partial charge in [-0.3, -0.25) is 4.79 Å². The van der Waals surface area contributed by atoms with Gasteiger partial charge in [0.05, 0.1) is 17.5 Å². The summed E-state index contributed by atoms with van der Waals surface area (Å²) in [5, 5.41) is 0.464. The lowest BCUT2D eigenvalue weighted by molar-refractivity contribution is -0.117. The van der Waals surface area contributed by atoms with Crippen molar-refractivity contribution in [2.24, 2.45) is 4.99 Å². The van der Waals surface area contributed by atoms with Gasteiger partial charge in [0, 0.05) is 23.4 Å². The van der Waals surface area contributed by atoms with E-state index in [1.54, 1.807) is 0 Å². The van der Waals surface area contributed by atoms with Crippen molar-refractivity contribution in [2.75, 3.05) is 29.6 Å². The quantitative estimate of drug-likeness (QED) is 0.771. The van der Waals surface area contributed by atoms with Crippen LogP contribution in [-0.4, -0.2) is 55.5 Å². The highest BCUT2D eigenvalue weighted by Gasteiger charge is 2.49. The fourth-order valence-corrected chi connectivity index (χ4v) is 7.36. The van der Waals surface area contributed by atoms with Gasteiger partial charge in [0.25, 0.3) is 0 Å². The fraction of sp³-hybridized carbons (Fsp3) is 0.529. The summed E-state index contributed by atoms with van der Waals surface area (Å²) in [6.07, 6.45) is 1.11. The molecule has 9 heteroatoms. The molecule has 1 amide bonds. The van der Waals surface area contributed by atoms with Gasteiger partial charge < -0.3 is 14.4 Å². The van der Waals surface area contributed by atoms with Crippen LogP contribution in [0.2, 0.25) is 0 Å². The molecule has 0 bridgehead atoms. The Hall–Kier alpha value is -1.74. The number of amides is 1. The minimum Gasteiger partial charge on any atom is -0.486 e. The molecule has 0 unspecified atom stereocenters. The SMILES string of the molecule is CCCC(=O)N=C1S[C@@H]2CS(=O)(=O)C[C@H]2N1c1ccc2c(c1)OCCO2. The van der Waals surface area contributed by atoms with Crippen molar-refractivity contribution in [1.82, 2.24) is 0 Å². The summed E-state index contributed by atoms with van der Waals surface area (Å²) in [5.74, 6) is 1.30. The maximum absolute atomic E-state index is 12.1. The average molecular weight is 396 g/mol. The third kappa shape index (κ3) is 3.29. The van der Waals surface area contributed by atoms with Crippen LogP contribution in [0.15, 0.2) is 23.2 Å². The first kappa shape index (κ1) is 17.7.